The molecule has 2 N–H and O–H groups in total. The van der Waals surface area contributed by atoms with E-state index >= 15 is 0 Å². The second kappa shape index (κ2) is 8.11. The molecule has 0 spiro atoms. The van der Waals surface area contributed by atoms with Gasteiger partial charge in [0, 0.05) is 19.0 Å². The molecule has 0 rings (SSSR count). The largest absolute Gasteiger partial charge is 0.471 e. The summed E-state index contributed by atoms with van der Waals surface area (Å²) in [6.45, 7) is 7.80. The van der Waals surface area contributed by atoms with Crippen molar-refractivity contribution in [1.82, 2.24) is 10.6 Å². The molecule has 2 amide bonds. The lowest BCUT2D eigenvalue weighted by Crippen LogP contribution is -2.47. The van der Waals surface area contributed by atoms with Crippen LogP contribution in [-0.2, 0) is 9.59 Å². The van der Waals surface area contributed by atoms with Crippen molar-refractivity contribution in [3.8, 4) is 0 Å². The standard InChI is InChI=1S/C13H23F3N2O2/c1-8(2)5-6-17-11(19)7-10(9(3)4)18-12(20)13(14,15)16/h8-10H,5-7H2,1-4H3,(H,17,19)(H,18,20)/t10-/m0/s1. The third-order valence-electron chi connectivity index (χ3n) is 2.83. The van der Waals surface area contributed by atoms with Gasteiger partial charge in [0.2, 0.25) is 5.91 Å². The molecule has 0 saturated carbocycles. The second-order valence-electron chi connectivity index (χ2n) is 5.56. The number of rotatable bonds is 7. The lowest BCUT2D eigenvalue weighted by Gasteiger charge is -2.22. The van der Waals surface area contributed by atoms with Crippen molar-refractivity contribution >= 4 is 11.8 Å². The number of alkyl halides is 3. The molecule has 4 nitrogen and oxygen atoms in total. The van der Waals surface area contributed by atoms with Crippen LogP contribution >= 0.6 is 0 Å². The van der Waals surface area contributed by atoms with Crippen molar-refractivity contribution in [3.63, 3.8) is 0 Å². The van der Waals surface area contributed by atoms with E-state index in [1.54, 1.807) is 13.8 Å². The molecule has 0 aliphatic rings. The summed E-state index contributed by atoms with van der Waals surface area (Å²) in [6, 6.07) is -0.830. The number of amides is 2. The molecule has 0 saturated heterocycles. The fourth-order valence-electron chi connectivity index (χ4n) is 1.48. The Kier molecular flexibility index (Phi) is 7.60. The van der Waals surface area contributed by atoms with Gasteiger partial charge in [0.25, 0.3) is 0 Å². The van der Waals surface area contributed by atoms with Crippen LogP contribution in [0.1, 0.15) is 40.5 Å². The molecule has 0 aromatic heterocycles. The Balaban J connectivity index is 4.34. The Labute approximate surface area is 117 Å². The van der Waals surface area contributed by atoms with Gasteiger partial charge in [0.05, 0.1) is 0 Å². The van der Waals surface area contributed by atoms with Crippen molar-refractivity contribution in [2.45, 2.75) is 52.8 Å². The predicted molar refractivity (Wildman–Crippen MR) is 69.9 cm³/mol. The van der Waals surface area contributed by atoms with Crippen molar-refractivity contribution in [3.05, 3.63) is 0 Å². The van der Waals surface area contributed by atoms with E-state index in [1.807, 2.05) is 19.2 Å². The van der Waals surface area contributed by atoms with E-state index < -0.39 is 18.1 Å². The van der Waals surface area contributed by atoms with Crippen molar-refractivity contribution < 1.29 is 22.8 Å². The molecule has 0 aliphatic carbocycles. The Morgan fingerprint density at radius 1 is 1.10 bits per heavy atom. The highest BCUT2D eigenvalue weighted by atomic mass is 19.4. The van der Waals surface area contributed by atoms with Crippen LogP contribution in [0.15, 0.2) is 0 Å². The summed E-state index contributed by atoms with van der Waals surface area (Å²) in [4.78, 5) is 22.5. The summed E-state index contributed by atoms with van der Waals surface area (Å²) in [5.74, 6) is -2.20. The van der Waals surface area contributed by atoms with Crippen LogP contribution in [-0.4, -0.2) is 30.6 Å². The maximum absolute atomic E-state index is 12.2. The highest BCUT2D eigenvalue weighted by Gasteiger charge is 2.40. The van der Waals surface area contributed by atoms with Gasteiger partial charge in [0.15, 0.2) is 0 Å². The van der Waals surface area contributed by atoms with Crippen LogP contribution in [0.25, 0.3) is 0 Å². The molecular weight excluding hydrogens is 273 g/mol. The minimum Gasteiger partial charge on any atom is -0.356 e. The maximum Gasteiger partial charge on any atom is 0.471 e. The minimum atomic E-state index is -4.93. The van der Waals surface area contributed by atoms with Crippen LogP contribution in [0.4, 0.5) is 13.2 Å². The van der Waals surface area contributed by atoms with Crippen LogP contribution in [0, 0.1) is 11.8 Å². The first-order valence-corrected chi connectivity index (χ1v) is 6.68. The third-order valence-corrected chi connectivity index (χ3v) is 2.83. The van der Waals surface area contributed by atoms with Gasteiger partial charge >= 0.3 is 12.1 Å². The molecule has 1 atom stereocenters. The molecule has 0 aliphatic heterocycles. The van der Waals surface area contributed by atoms with Gasteiger partial charge in [-0.25, -0.2) is 0 Å². The summed E-state index contributed by atoms with van der Waals surface area (Å²) < 4.78 is 36.6. The fraction of sp³-hybridized carbons (Fsp3) is 0.846. The van der Waals surface area contributed by atoms with Crippen LogP contribution < -0.4 is 10.6 Å². The van der Waals surface area contributed by atoms with Crippen LogP contribution in [0.2, 0.25) is 0 Å². The molecule has 7 heteroatoms. The molecule has 0 aromatic rings. The zero-order valence-corrected chi connectivity index (χ0v) is 12.3. The van der Waals surface area contributed by atoms with E-state index in [4.69, 9.17) is 0 Å². The Bertz CT molecular complexity index is 328. The van der Waals surface area contributed by atoms with Gasteiger partial charge in [-0.2, -0.15) is 13.2 Å². The lowest BCUT2D eigenvalue weighted by atomic mass is 10.0. The van der Waals surface area contributed by atoms with E-state index in [9.17, 15) is 22.8 Å². The molecule has 0 heterocycles. The number of halogens is 3. The topological polar surface area (TPSA) is 58.2 Å². The van der Waals surface area contributed by atoms with Gasteiger partial charge in [-0.3, -0.25) is 9.59 Å². The zero-order chi connectivity index (χ0) is 15.9. The number of nitrogens with one attached hydrogen (secondary N) is 2. The first-order valence-electron chi connectivity index (χ1n) is 6.68. The number of hydrogen-bond donors (Lipinski definition) is 2. The van der Waals surface area contributed by atoms with Gasteiger partial charge in [-0.1, -0.05) is 27.7 Å². The van der Waals surface area contributed by atoms with Crippen molar-refractivity contribution in [1.29, 1.82) is 0 Å². The zero-order valence-electron chi connectivity index (χ0n) is 12.3. The van der Waals surface area contributed by atoms with Crippen LogP contribution in [0.5, 0.6) is 0 Å². The van der Waals surface area contributed by atoms with Crippen LogP contribution in [0.3, 0.4) is 0 Å². The minimum absolute atomic E-state index is 0.155. The maximum atomic E-state index is 12.2. The highest BCUT2D eigenvalue weighted by Crippen LogP contribution is 2.16. The lowest BCUT2D eigenvalue weighted by molar-refractivity contribution is -0.174. The van der Waals surface area contributed by atoms with E-state index in [1.165, 1.54) is 0 Å². The van der Waals surface area contributed by atoms with Gasteiger partial charge in [-0.15, -0.1) is 0 Å². The molecule has 0 aromatic carbocycles. The molecular formula is C13H23F3N2O2. The SMILES string of the molecule is CC(C)CCNC(=O)C[C@H](NC(=O)C(F)(F)F)C(C)C. The summed E-state index contributed by atoms with van der Waals surface area (Å²) in [5.41, 5.74) is 0. The second-order valence-corrected chi connectivity index (χ2v) is 5.56. The first kappa shape index (κ1) is 18.7. The first-order chi connectivity index (χ1) is 9.04. The summed E-state index contributed by atoms with van der Waals surface area (Å²) in [6.07, 6.45) is -4.29. The monoisotopic (exact) mass is 296 g/mol. The van der Waals surface area contributed by atoms with Gasteiger partial charge < -0.3 is 10.6 Å². The molecule has 20 heavy (non-hydrogen) atoms. The summed E-state index contributed by atoms with van der Waals surface area (Å²) >= 11 is 0. The number of carbonyl (C=O) groups excluding carboxylic acids is 2. The Morgan fingerprint density at radius 2 is 1.65 bits per heavy atom. The molecule has 0 bridgehead atoms. The van der Waals surface area contributed by atoms with Gasteiger partial charge in [0.1, 0.15) is 0 Å². The average Bonchev–Trinajstić information content (AvgIpc) is 2.25. The Hall–Kier alpha value is -1.27. The molecule has 0 radical (unpaired) electrons. The number of carbonyl (C=O) groups is 2. The van der Waals surface area contributed by atoms with Gasteiger partial charge in [-0.05, 0) is 18.3 Å². The van der Waals surface area contributed by atoms with Crippen molar-refractivity contribution in [2.24, 2.45) is 11.8 Å². The van der Waals surface area contributed by atoms with E-state index in [0.29, 0.717) is 12.5 Å². The highest BCUT2D eigenvalue weighted by molar-refractivity contribution is 5.83. The smallest absolute Gasteiger partial charge is 0.356 e. The summed E-state index contributed by atoms with van der Waals surface area (Å²) in [5, 5.41) is 4.50. The average molecular weight is 296 g/mol. The fourth-order valence-corrected chi connectivity index (χ4v) is 1.48. The predicted octanol–water partition coefficient (Wildman–Crippen LogP) is 2.24. The summed E-state index contributed by atoms with van der Waals surface area (Å²) in [7, 11) is 0. The molecule has 0 unspecified atom stereocenters. The van der Waals surface area contributed by atoms with E-state index in [-0.39, 0.29) is 18.2 Å². The van der Waals surface area contributed by atoms with Crippen molar-refractivity contribution in [2.75, 3.05) is 6.54 Å². The van der Waals surface area contributed by atoms with E-state index in [0.717, 1.165) is 6.42 Å². The van der Waals surface area contributed by atoms with E-state index in [2.05, 4.69) is 5.32 Å². The normalized spacial score (nSPS) is 13.4. The molecule has 0 fully saturated rings. The number of hydrogen-bond acceptors (Lipinski definition) is 2. The Morgan fingerprint density at radius 3 is 2.05 bits per heavy atom. The molecule has 118 valence electrons. The third kappa shape index (κ3) is 8.01. The quantitative estimate of drug-likeness (QED) is 0.757.